The van der Waals surface area contributed by atoms with E-state index in [2.05, 4.69) is 21.2 Å². The summed E-state index contributed by atoms with van der Waals surface area (Å²) in [5, 5.41) is 3.33. The molecular weight excluding hydrogens is 674 g/mol. The Morgan fingerprint density at radius 2 is 1.58 bits per heavy atom. The van der Waals surface area contributed by atoms with Crippen LogP contribution in [0.15, 0.2) is 106 Å². The number of rotatable bonds is 13. The Balaban J connectivity index is 1.81. The van der Waals surface area contributed by atoms with Crippen LogP contribution in [0, 0.1) is 13.8 Å². The van der Waals surface area contributed by atoms with Gasteiger partial charge in [0, 0.05) is 29.0 Å². The Bertz CT molecular complexity index is 1730. The Hall–Kier alpha value is -3.66. The number of amides is 2. The third kappa shape index (κ3) is 8.96. The van der Waals surface area contributed by atoms with E-state index in [0.717, 1.165) is 37.5 Å². The SMILES string of the molecule is CCCNC(=O)[C@H](Cc1ccccc1)N(Cc1cccc(Br)c1)C(=O)CN(c1ccc(C)c(Cl)c1)S(=O)(=O)c1ccc(C)cc1. The molecule has 45 heavy (non-hydrogen) atoms. The zero-order valence-corrected chi connectivity index (χ0v) is 28.7. The first-order chi connectivity index (χ1) is 21.5. The Labute approximate surface area is 279 Å². The van der Waals surface area contributed by atoms with Crippen LogP contribution >= 0.6 is 27.5 Å². The summed E-state index contributed by atoms with van der Waals surface area (Å²) in [6.45, 7) is 5.63. The van der Waals surface area contributed by atoms with Gasteiger partial charge in [-0.2, -0.15) is 0 Å². The molecule has 4 rings (SSSR count). The van der Waals surface area contributed by atoms with Crippen LogP contribution in [0.4, 0.5) is 5.69 Å². The zero-order valence-electron chi connectivity index (χ0n) is 25.5. The Morgan fingerprint density at radius 3 is 2.22 bits per heavy atom. The molecular formula is C35H37BrClN3O4S. The van der Waals surface area contributed by atoms with Crippen molar-refractivity contribution >= 4 is 55.1 Å². The summed E-state index contributed by atoms with van der Waals surface area (Å²) in [5.74, 6) is -0.842. The van der Waals surface area contributed by atoms with Crippen LogP contribution in [0.3, 0.4) is 0 Å². The van der Waals surface area contributed by atoms with Gasteiger partial charge >= 0.3 is 0 Å². The lowest BCUT2D eigenvalue weighted by Crippen LogP contribution is -2.53. The minimum Gasteiger partial charge on any atom is -0.354 e. The van der Waals surface area contributed by atoms with Crippen molar-refractivity contribution in [3.05, 3.63) is 129 Å². The normalized spacial score (nSPS) is 11.9. The van der Waals surface area contributed by atoms with Crippen molar-refractivity contribution in [2.24, 2.45) is 0 Å². The summed E-state index contributed by atoms with van der Waals surface area (Å²) in [7, 11) is -4.21. The third-order valence-electron chi connectivity index (χ3n) is 7.39. The number of benzene rings is 4. The first-order valence-electron chi connectivity index (χ1n) is 14.7. The van der Waals surface area contributed by atoms with Gasteiger partial charge in [0.1, 0.15) is 12.6 Å². The smallest absolute Gasteiger partial charge is 0.264 e. The average Bonchev–Trinajstić information content (AvgIpc) is 3.02. The lowest BCUT2D eigenvalue weighted by Gasteiger charge is -2.34. The second-order valence-corrected chi connectivity index (χ2v) is 14.1. The molecule has 0 fully saturated rings. The van der Waals surface area contributed by atoms with Crippen LogP contribution in [-0.2, 0) is 32.6 Å². The fourth-order valence-electron chi connectivity index (χ4n) is 4.86. The first kappa shape index (κ1) is 34.2. The van der Waals surface area contributed by atoms with Crippen molar-refractivity contribution < 1.29 is 18.0 Å². The summed E-state index contributed by atoms with van der Waals surface area (Å²) in [6, 6.07) is 27.4. The molecule has 4 aromatic carbocycles. The molecule has 2 amide bonds. The number of halogens is 2. The van der Waals surface area contributed by atoms with E-state index in [1.54, 1.807) is 30.3 Å². The number of carbonyl (C=O) groups is 2. The molecule has 0 aromatic heterocycles. The second-order valence-electron chi connectivity index (χ2n) is 10.9. The van der Waals surface area contributed by atoms with E-state index in [-0.39, 0.29) is 29.5 Å². The molecule has 236 valence electrons. The second kappa shape index (κ2) is 15.6. The van der Waals surface area contributed by atoms with Gasteiger partial charge in [-0.3, -0.25) is 13.9 Å². The Kier molecular flexibility index (Phi) is 11.8. The molecule has 0 aliphatic carbocycles. The van der Waals surface area contributed by atoms with Crippen molar-refractivity contribution in [1.82, 2.24) is 10.2 Å². The van der Waals surface area contributed by atoms with Crippen molar-refractivity contribution in [2.45, 2.75) is 51.1 Å². The molecule has 4 aromatic rings. The molecule has 0 unspecified atom stereocenters. The number of hydrogen-bond donors (Lipinski definition) is 1. The van der Waals surface area contributed by atoms with Crippen LogP contribution < -0.4 is 9.62 Å². The molecule has 7 nitrogen and oxygen atoms in total. The van der Waals surface area contributed by atoms with E-state index in [0.29, 0.717) is 11.6 Å². The maximum atomic E-state index is 14.5. The highest BCUT2D eigenvalue weighted by Crippen LogP contribution is 2.29. The lowest BCUT2D eigenvalue weighted by molar-refractivity contribution is -0.140. The molecule has 0 aliphatic heterocycles. The summed E-state index contributed by atoms with van der Waals surface area (Å²) < 4.78 is 30.2. The number of nitrogens with zero attached hydrogens (tertiary/aromatic N) is 2. The third-order valence-corrected chi connectivity index (χ3v) is 10.1. The molecule has 10 heteroatoms. The fourth-order valence-corrected chi connectivity index (χ4v) is 6.88. The quantitative estimate of drug-likeness (QED) is 0.161. The summed E-state index contributed by atoms with van der Waals surface area (Å²) in [6.07, 6.45) is 0.970. The van der Waals surface area contributed by atoms with Crippen molar-refractivity contribution in [2.75, 3.05) is 17.4 Å². The largest absolute Gasteiger partial charge is 0.354 e. The number of nitrogens with one attached hydrogen (secondary N) is 1. The van der Waals surface area contributed by atoms with Crippen LogP contribution in [0.2, 0.25) is 5.02 Å². The van der Waals surface area contributed by atoms with Gasteiger partial charge in [0.2, 0.25) is 11.8 Å². The predicted octanol–water partition coefficient (Wildman–Crippen LogP) is 7.08. The molecule has 0 spiro atoms. The van der Waals surface area contributed by atoms with Crippen LogP contribution in [-0.4, -0.2) is 44.3 Å². The number of hydrogen-bond acceptors (Lipinski definition) is 4. The summed E-state index contributed by atoms with van der Waals surface area (Å²) in [5.41, 5.74) is 3.57. The highest BCUT2D eigenvalue weighted by atomic mass is 79.9. The predicted molar refractivity (Wildman–Crippen MR) is 184 cm³/mol. The van der Waals surface area contributed by atoms with E-state index < -0.39 is 28.5 Å². The van der Waals surface area contributed by atoms with Gasteiger partial charge in [0.25, 0.3) is 10.0 Å². The number of aryl methyl sites for hydroxylation is 2. The zero-order chi connectivity index (χ0) is 32.6. The van der Waals surface area contributed by atoms with Gasteiger partial charge in [0.15, 0.2) is 0 Å². The highest BCUT2D eigenvalue weighted by Gasteiger charge is 2.34. The molecule has 1 N–H and O–H groups in total. The van der Waals surface area contributed by atoms with Gasteiger partial charge in [-0.05, 0) is 73.4 Å². The molecule has 0 saturated heterocycles. The van der Waals surface area contributed by atoms with E-state index in [1.165, 1.54) is 17.0 Å². The van der Waals surface area contributed by atoms with Gasteiger partial charge in [0.05, 0.1) is 10.6 Å². The maximum absolute atomic E-state index is 14.5. The molecule has 0 radical (unpaired) electrons. The molecule has 0 heterocycles. The van der Waals surface area contributed by atoms with Gasteiger partial charge in [-0.25, -0.2) is 8.42 Å². The van der Waals surface area contributed by atoms with Gasteiger partial charge in [-0.15, -0.1) is 0 Å². The van der Waals surface area contributed by atoms with Gasteiger partial charge in [-0.1, -0.05) is 101 Å². The topological polar surface area (TPSA) is 86.8 Å². The van der Waals surface area contributed by atoms with E-state index in [4.69, 9.17) is 11.6 Å². The number of sulfonamides is 1. The van der Waals surface area contributed by atoms with E-state index in [9.17, 15) is 18.0 Å². The van der Waals surface area contributed by atoms with Crippen LogP contribution in [0.1, 0.15) is 35.6 Å². The van der Waals surface area contributed by atoms with Crippen molar-refractivity contribution in [3.8, 4) is 0 Å². The monoisotopic (exact) mass is 709 g/mol. The minimum atomic E-state index is -4.21. The van der Waals surface area contributed by atoms with Gasteiger partial charge < -0.3 is 10.2 Å². The maximum Gasteiger partial charge on any atom is 0.264 e. The first-order valence-corrected chi connectivity index (χ1v) is 17.3. The highest BCUT2D eigenvalue weighted by molar-refractivity contribution is 9.10. The lowest BCUT2D eigenvalue weighted by atomic mass is 10.0. The molecule has 0 saturated carbocycles. The van der Waals surface area contributed by atoms with Crippen molar-refractivity contribution in [3.63, 3.8) is 0 Å². The van der Waals surface area contributed by atoms with Crippen LogP contribution in [0.25, 0.3) is 0 Å². The molecule has 0 bridgehead atoms. The number of anilines is 1. The summed E-state index contributed by atoms with van der Waals surface area (Å²) >= 11 is 9.95. The van der Waals surface area contributed by atoms with E-state index >= 15 is 0 Å². The standard InChI is InChI=1S/C35H37BrClN3O4S/c1-4-19-38-35(42)33(21-27-9-6-5-7-10-27)39(23-28-11-8-12-29(36)20-28)34(41)24-40(30-16-15-26(3)32(37)22-30)45(43,44)31-17-13-25(2)14-18-31/h5-18,20,22,33H,4,19,21,23-24H2,1-3H3,(H,38,42)/t33-/m0/s1. The average molecular weight is 711 g/mol. The van der Waals surface area contributed by atoms with Crippen molar-refractivity contribution in [1.29, 1.82) is 0 Å². The van der Waals surface area contributed by atoms with Crippen LogP contribution in [0.5, 0.6) is 0 Å². The fraction of sp³-hybridized carbons (Fsp3) is 0.257. The Morgan fingerprint density at radius 1 is 0.889 bits per heavy atom. The molecule has 0 aliphatic rings. The minimum absolute atomic E-state index is 0.0395. The number of carbonyl (C=O) groups excluding carboxylic acids is 2. The van der Waals surface area contributed by atoms with E-state index in [1.807, 2.05) is 75.4 Å². The molecule has 1 atom stereocenters. The summed E-state index contributed by atoms with van der Waals surface area (Å²) in [4.78, 5) is 29.8.